The summed E-state index contributed by atoms with van der Waals surface area (Å²) in [5, 5.41) is 12.1. The number of ether oxygens (including phenoxy) is 3. The number of aromatic nitrogens is 2. The van der Waals surface area contributed by atoms with Crippen molar-refractivity contribution >= 4 is 28.4 Å². The van der Waals surface area contributed by atoms with Gasteiger partial charge in [-0.05, 0) is 62.4 Å². The van der Waals surface area contributed by atoms with Crippen LogP contribution >= 0.6 is 0 Å². The van der Waals surface area contributed by atoms with Crippen LogP contribution in [0.4, 0.5) is 16.3 Å². The first-order valence-electron chi connectivity index (χ1n) is 19.7. The van der Waals surface area contributed by atoms with Crippen molar-refractivity contribution in [3.63, 3.8) is 0 Å². The van der Waals surface area contributed by atoms with Gasteiger partial charge in [-0.15, -0.1) is 0 Å². The van der Waals surface area contributed by atoms with Crippen LogP contribution in [0.2, 0.25) is 0 Å². The molecule has 1 aromatic heterocycles. The first-order chi connectivity index (χ1) is 27.4. The number of rotatable bonds is 11. The van der Waals surface area contributed by atoms with Crippen molar-refractivity contribution < 1.29 is 19.0 Å². The average molecular weight is 752 g/mol. The lowest BCUT2D eigenvalue weighted by Gasteiger charge is -2.42. The zero-order chi connectivity index (χ0) is 38.4. The Hall–Kier alpha value is -5.86. The quantitative estimate of drug-likeness (QED) is 0.136. The number of hydrogen-bond donors (Lipinski definition) is 0. The number of amides is 1. The first-order valence-corrected chi connectivity index (χ1v) is 19.7. The van der Waals surface area contributed by atoms with E-state index < -0.39 is 6.09 Å². The number of likely N-dealkylation sites (tertiary alicyclic amines) is 1. The van der Waals surface area contributed by atoms with Crippen LogP contribution in [0.25, 0.3) is 10.8 Å². The molecule has 4 aromatic carbocycles. The number of carbonyl (C=O) groups excluding carboxylic acids is 1. The summed E-state index contributed by atoms with van der Waals surface area (Å²) in [7, 11) is 2.15. The van der Waals surface area contributed by atoms with Crippen molar-refractivity contribution in [1.82, 2.24) is 19.8 Å². The first kappa shape index (κ1) is 37.1. The van der Waals surface area contributed by atoms with Crippen LogP contribution in [0, 0.1) is 11.3 Å². The number of likely N-dealkylation sites (N-methyl/N-ethyl adjacent to an activating group) is 1. The molecule has 11 nitrogen and oxygen atoms in total. The van der Waals surface area contributed by atoms with Gasteiger partial charge in [-0.3, -0.25) is 4.90 Å². The average Bonchev–Trinajstić information content (AvgIpc) is 3.68. The van der Waals surface area contributed by atoms with E-state index >= 15 is 0 Å². The Kier molecular flexibility index (Phi) is 11.2. The Balaban J connectivity index is 1.08. The predicted octanol–water partition coefficient (Wildman–Crippen LogP) is 7.37. The van der Waals surface area contributed by atoms with E-state index in [0.717, 1.165) is 82.8 Å². The molecule has 2 fully saturated rings. The molecule has 3 aliphatic heterocycles. The van der Waals surface area contributed by atoms with Gasteiger partial charge in [0.15, 0.2) is 0 Å². The largest absolute Gasteiger partial charge is 0.489 e. The van der Waals surface area contributed by atoms with Gasteiger partial charge in [-0.1, -0.05) is 84.9 Å². The highest BCUT2D eigenvalue weighted by molar-refractivity contribution is 5.96. The number of piperazine rings is 1. The minimum atomic E-state index is -0.408. The molecule has 4 heterocycles. The van der Waals surface area contributed by atoms with Crippen LogP contribution in [0.5, 0.6) is 11.8 Å². The van der Waals surface area contributed by atoms with Crippen molar-refractivity contribution in [2.75, 3.05) is 49.6 Å². The molecule has 5 aromatic rings. The number of benzene rings is 4. The molecule has 0 N–H and O–H groups in total. The van der Waals surface area contributed by atoms with Gasteiger partial charge in [0, 0.05) is 54.9 Å². The van der Waals surface area contributed by atoms with E-state index in [1.807, 2.05) is 48.5 Å². The van der Waals surface area contributed by atoms with E-state index in [9.17, 15) is 10.1 Å². The molecule has 1 unspecified atom stereocenters. The van der Waals surface area contributed by atoms with E-state index in [0.29, 0.717) is 38.8 Å². The van der Waals surface area contributed by atoms with Gasteiger partial charge < -0.3 is 28.9 Å². The van der Waals surface area contributed by atoms with E-state index in [2.05, 4.69) is 83.3 Å². The molecule has 2 saturated heterocycles. The maximum atomic E-state index is 13.4. The lowest BCUT2D eigenvalue weighted by molar-refractivity contribution is 0.0766. The van der Waals surface area contributed by atoms with Crippen molar-refractivity contribution in [2.45, 2.75) is 70.6 Å². The molecule has 56 heavy (non-hydrogen) atoms. The molecule has 8 rings (SSSR count). The highest BCUT2D eigenvalue weighted by Gasteiger charge is 2.36. The van der Waals surface area contributed by atoms with Gasteiger partial charge in [0.2, 0.25) is 0 Å². The zero-order valence-electron chi connectivity index (χ0n) is 32.2. The topological polar surface area (TPSA) is 107 Å². The third-order valence-electron chi connectivity index (χ3n) is 11.4. The Morgan fingerprint density at radius 3 is 2.39 bits per heavy atom. The number of carbonyl (C=O) groups is 1. The Bertz CT molecular complexity index is 2180. The van der Waals surface area contributed by atoms with E-state index in [4.69, 9.17) is 24.2 Å². The molecule has 0 aliphatic carbocycles. The van der Waals surface area contributed by atoms with Gasteiger partial charge in [0.1, 0.15) is 30.9 Å². The maximum Gasteiger partial charge on any atom is 0.410 e. The van der Waals surface area contributed by atoms with Crippen LogP contribution in [-0.4, -0.2) is 83.8 Å². The van der Waals surface area contributed by atoms with E-state index in [1.165, 1.54) is 0 Å². The second-order valence-electron chi connectivity index (χ2n) is 15.1. The summed E-state index contributed by atoms with van der Waals surface area (Å²) in [5.74, 6) is 1.64. The van der Waals surface area contributed by atoms with Gasteiger partial charge in [-0.25, -0.2) is 4.79 Å². The molecule has 3 atom stereocenters. The van der Waals surface area contributed by atoms with Crippen molar-refractivity contribution in [3.05, 3.63) is 119 Å². The number of hydrogen-bond acceptors (Lipinski definition) is 10. The van der Waals surface area contributed by atoms with Crippen LogP contribution in [0.1, 0.15) is 48.6 Å². The minimum absolute atomic E-state index is 0.0990. The van der Waals surface area contributed by atoms with Gasteiger partial charge in [0.05, 0.1) is 30.8 Å². The van der Waals surface area contributed by atoms with Crippen LogP contribution in [0.3, 0.4) is 0 Å². The fourth-order valence-electron chi connectivity index (χ4n) is 8.40. The van der Waals surface area contributed by atoms with E-state index in [-0.39, 0.29) is 31.2 Å². The zero-order valence-corrected chi connectivity index (χ0v) is 32.2. The molecular weight excluding hydrogens is 703 g/mol. The Morgan fingerprint density at radius 2 is 1.64 bits per heavy atom. The molecule has 288 valence electrons. The summed E-state index contributed by atoms with van der Waals surface area (Å²) in [6.45, 7) is 6.55. The predicted molar refractivity (Wildman–Crippen MR) is 217 cm³/mol. The van der Waals surface area contributed by atoms with Gasteiger partial charge >= 0.3 is 12.1 Å². The summed E-state index contributed by atoms with van der Waals surface area (Å²) in [4.78, 5) is 32.3. The third-order valence-corrected chi connectivity index (χ3v) is 11.4. The summed E-state index contributed by atoms with van der Waals surface area (Å²) < 4.78 is 18.7. The lowest BCUT2D eigenvalue weighted by atomic mass is 10.0. The summed E-state index contributed by atoms with van der Waals surface area (Å²) >= 11 is 0. The Morgan fingerprint density at radius 1 is 0.893 bits per heavy atom. The number of nitrogens with zero attached hydrogens (tertiary/aromatic N) is 7. The number of fused-ring (bicyclic) bond motifs is 2. The molecule has 1 amide bonds. The second-order valence-corrected chi connectivity index (χ2v) is 15.1. The fourth-order valence-corrected chi connectivity index (χ4v) is 8.40. The highest BCUT2D eigenvalue weighted by Crippen LogP contribution is 2.38. The second kappa shape index (κ2) is 16.9. The highest BCUT2D eigenvalue weighted by atomic mass is 16.6. The van der Waals surface area contributed by atoms with Crippen LogP contribution < -0.4 is 19.3 Å². The third kappa shape index (κ3) is 8.21. The van der Waals surface area contributed by atoms with Crippen molar-refractivity contribution in [2.24, 2.45) is 0 Å². The molecular formula is C45H49N7O4. The summed E-state index contributed by atoms with van der Waals surface area (Å²) in [6.07, 6.45) is 2.60. The van der Waals surface area contributed by atoms with Crippen LogP contribution in [-0.2, 0) is 30.9 Å². The van der Waals surface area contributed by atoms with Gasteiger partial charge in [-0.2, -0.15) is 15.2 Å². The summed E-state index contributed by atoms with van der Waals surface area (Å²) in [5.41, 5.74) is 5.13. The number of nitriles is 1. The lowest BCUT2D eigenvalue weighted by Crippen LogP contribution is -2.55. The van der Waals surface area contributed by atoms with Crippen molar-refractivity contribution in [1.29, 1.82) is 5.26 Å². The normalized spacial score (nSPS) is 19.0. The molecule has 0 bridgehead atoms. The SMILES string of the molecule is CC(Oc1nc2c(c(N3CCN(C(=O)OCc4ccccc4)[C@@H](CC#N)C3)n1)CCN(c1cc(OCc3ccccc3)cc3ccccc13)C2)[C@H]1CCCN1C. The molecule has 0 spiro atoms. The van der Waals surface area contributed by atoms with Crippen LogP contribution in [0.15, 0.2) is 97.1 Å². The molecule has 0 radical (unpaired) electrons. The molecule has 11 heteroatoms. The van der Waals surface area contributed by atoms with E-state index in [1.54, 1.807) is 4.90 Å². The maximum absolute atomic E-state index is 13.4. The minimum Gasteiger partial charge on any atom is -0.489 e. The standard InChI is InChI=1S/C45H49N7O4/c1-32(41-18-11-22-49(41)2)56-44-47-40-29-50(42-27-37(26-35-16-9-10-17-38(35)42)54-30-33-12-5-3-6-13-33)23-20-39(40)43(48-44)51-24-25-52(36(28-51)19-21-46)45(53)55-31-34-14-7-4-8-15-34/h3-10,12-17,26-27,32,36,41H,11,18-20,22-25,28-31H2,1-2H3/t32?,36-,41+/m0/s1. The fraction of sp³-hybridized carbons (Fsp3) is 0.378. The summed E-state index contributed by atoms with van der Waals surface area (Å²) in [6, 6.07) is 35.2. The van der Waals surface area contributed by atoms with Gasteiger partial charge in [0.25, 0.3) is 0 Å². The smallest absolute Gasteiger partial charge is 0.410 e. The monoisotopic (exact) mass is 751 g/mol. The molecule has 3 aliphatic rings. The number of anilines is 2. The molecule has 0 saturated carbocycles. The Labute approximate surface area is 329 Å². The van der Waals surface area contributed by atoms with Crippen molar-refractivity contribution in [3.8, 4) is 17.8 Å².